The van der Waals surface area contributed by atoms with Gasteiger partial charge in [-0.1, -0.05) is 25.9 Å². The predicted octanol–water partition coefficient (Wildman–Crippen LogP) is 3.18. The topological polar surface area (TPSA) is 90.1 Å². The van der Waals surface area contributed by atoms with Crippen LogP contribution in [0.1, 0.15) is 75.1 Å². The summed E-state index contributed by atoms with van der Waals surface area (Å²) in [6.07, 6.45) is 5.07. The lowest BCUT2D eigenvalue weighted by Gasteiger charge is -2.25. The van der Waals surface area contributed by atoms with Gasteiger partial charge in [-0.3, -0.25) is 4.79 Å². The first-order valence-electron chi connectivity index (χ1n) is 8.60. The van der Waals surface area contributed by atoms with Crippen molar-refractivity contribution in [1.29, 1.82) is 0 Å². The molecule has 1 amide bonds. The number of carbonyl (C=O) groups excluding carboxylic acids is 1. The average Bonchev–Trinajstić information content (AvgIpc) is 3.01. The van der Waals surface area contributed by atoms with E-state index in [0.717, 1.165) is 12.8 Å². The van der Waals surface area contributed by atoms with Crippen LogP contribution in [0.25, 0.3) is 0 Å². The molecule has 134 valence electrons. The Hall–Kier alpha value is -2.44. The molecule has 1 aliphatic rings. The molecule has 1 fully saturated rings. The highest BCUT2D eigenvalue weighted by atomic mass is 16.5. The number of ether oxygens (including phenoxy) is 1. The molecule has 0 spiro atoms. The molecule has 0 saturated heterocycles. The molecule has 1 N–H and O–H groups in total. The second-order valence-corrected chi connectivity index (χ2v) is 7.45. The van der Waals surface area contributed by atoms with Gasteiger partial charge in [0.2, 0.25) is 11.8 Å². The van der Waals surface area contributed by atoms with E-state index in [4.69, 9.17) is 9.26 Å². The number of carbonyl (C=O) groups is 1. The lowest BCUT2D eigenvalue weighted by atomic mass is 9.96. The molecule has 2 aromatic heterocycles. The van der Waals surface area contributed by atoms with E-state index in [1.165, 1.54) is 6.42 Å². The van der Waals surface area contributed by atoms with Gasteiger partial charge in [-0.25, -0.2) is 4.98 Å². The van der Waals surface area contributed by atoms with Gasteiger partial charge < -0.3 is 14.6 Å². The van der Waals surface area contributed by atoms with Crippen LogP contribution in [0.2, 0.25) is 0 Å². The molecule has 0 aliphatic heterocycles. The molecule has 2 aromatic rings. The monoisotopic (exact) mass is 344 g/mol. The van der Waals surface area contributed by atoms with Crippen LogP contribution in [0, 0.1) is 0 Å². The number of hydrogen-bond donors (Lipinski definition) is 1. The van der Waals surface area contributed by atoms with Crippen molar-refractivity contribution < 1.29 is 14.1 Å². The number of hydrogen-bond acceptors (Lipinski definition) is 6. The largest absolute Gasteiger partial charge is 0.474 e. The minimum atomic E-state index is -0.389. The predicted molar refractivity (Wildman–Crippen MR) is 91.4 cm³/mol. The van der Waals surface area contributed by atoms with E-state index in [1.54, 1.807) is 18.3 Å². The SMILES string of the molecule is CC(NC(=O)c1ccnc(OC2CCC2)c1)c1nc(C(C)(C)C)no1. The summed E-state index contributed by atoms with van der Waals surface area (Å²) in [6, 6.07) is 2.93. The summed E-state index contributed by atoms with van der Waals surface area (Å²) < 4.78 is 11.0. The zero-order chi connectivity index (χ0) is 18.0. The zero-order valence-electron chi connectivity index (χ0n) is 15.1. The Bertz CT molecular complexity index is 747. The number of pyridine rings is 1. The molecule has 0 bridgehead atoms. The summed E-state index contributed by atoms with van der Waals surface area (Å²) in [5, 5.41) is 6.85. The molecule has 0 aromatic carbocycles. The molecule has 7 nitrogen and oxygen atoms in total. The Kier molecular flexibility index (Phi) is 4.74. The Morgan fingerprint density at radius 3 is 2.76 bits per heavy atom. The summed E-state index contributed by atoms with van der Waals surface area (Å²) in [4.78, 5) is 21.0. The standard InChI is InChI=1S/C18H24N4O3/c1-11(16-21-17(22-25-16)18(2,3)4)20-15(23)12-8-9-19-14(10-12)24-13-6-5-7-13/h8-11,13H,5-7H2,1-4H3,(H,20,23). The average molecular weight is 344 g/mol. The highest BCUT2D eigenvalue weighted by Gasteiger charge is 2.24. The van der Waals surface area contributed by atoms with Crippen molar-refractivity contribution in [2.45, 2.75) is 64.5 Å². The fraction of sp³-hybridized carbons (Fsp3) is 0.556. The van der Waals surface area contributed by atoms with E-state index in [2.05, 4.69) is 20.4 Å². The summed E-state index contributed by atoms with van der Waals surface area (Å²) in [5.41, 5.74) is 0.288. The Labute approximate surface area is 147 Å². The number of aromatic nitrogens is 3. The fourth-order valence-electron chi connectivity index (χ4n) is 2.33. The summed E-state index contributed by atoms with van der Waals surface area (Å²) in [5.74, 6) is 1.25. The number of rotatable bonds is 5. The summed E-state index contributed by atoms with van der Waals surface area (Å²) in [7, 11) is 0. The van der Waals surface area contributed by atoms with Crippen molar-refractivity contribution in [1.82, 2.24) is 20.4 Å². The van der Waals surface area contributed by atoms with Gasteiger partial charge in [-0.2, -0.15) is 4.98 Å². The highest BCUT2D eigenvalue weighted by Crippen LogP contribution is 2.24. The van der Waals surface area contributed by atoms with Crippen LogP contribution in [-0.2, 0) is 5.41 Å². The third-order valence-corrected chi connectivity index (χ3v) is 4.17. The molecule has 1 aliphatic carbocycles. The van der Waals surface area contributed by atoms with Crippen molar-refractivity contribution in [2.24, 2.45) is 0 Å². The Morgan fingerprint density at radius 2 is 2.16 bits per heavy atom. The normalized spacial score (nSPS) is 16.2. The molecule has 3 rings (SSSR count). The van der Waals surface area contributed by atoms with Crippen molar-refractivity contribution in [3.05, 3.63) is 35.6 Å². The fourth-order valence-corrected chi connectivity index (χ4v) is 2.33. The Morgan fingerprint density at radius 1 is 1.40 bits per heavy atom. The van der Waals surface area contributed by atoms with Crippen LogP contribution < -0.4 is 10.1 Å². The Balaban J connectivity index is 1.65. The maximum absolute atomic E-state index is 12.5. The number of nitrogens with one attached hydrogen (secondary N) is 1. The van der Waals surface area contributed by atoms with E-state index >= 15 is 0 Å². The van der Waals surface area contributed by atoms with Crippen LogP contribution >= 0.6 is 0 Å². The van der Waals surface area contributed by atoms with Gasteiger partial charge in [-0.05, 0) is 32.3 Å². The lowest BCUT2D eigenvalue weighted by Crippen LogP contribution is -2.28. The first-order valence-corrected chi connectivity index (χ1v) is 8.60. The van der Waals surface area contributed by atoms with Crippen LogP contribution in [0.5, 0.6) is 5.88 Å². The van der Waals surface area contributed by atoms with Gasteiger partial charge in [0.1, 0.15) is 12.1 Å². The van der Waals surface area contributed by atoms with E-state index in [1.807, 2.05) is 27.7 Å². The van der Waals surface area contributed by atoms with Crippen molar-refractivity contribution in [3.8, 4) is 5.88 Å². The van der Waals surface area contributed by atoms with Crippen LogP contribution in [0.15, 0.2) is 22.9 Å². The minimum absolute atomic E-state index is 0.204. The number of amides is 1. The van der Waals surface area contributed by atoms with Crippen molar-refractivity contribution in [3.63, 3.8) is 0 Å². The second-order valence-electron chi connectivity index (χ2n) is 7.45. The molecule has 1 atom stereocenters. The lowest BCUT2D eigenvalue weighted by molar-refractivity contribution is 0.0928. The van der Waals surface area contributed by atoms with E-state index < -0.39 is 0 Å². The van der Waals surface area contributed by atoms with Gasteiger partial charge in [0.25, 0.3) is 5.91 Å². The molecule has 0 radical (unpaired) electrons. The first kappa shape index (κ1) is 17.4. The first-order chi connectivity index (χ1) is 11.8. The maximum Gasteiger partial charge on any atom is 0.252 e. The zero-order valence-corrected chi connectivity index (χ0v) is 15.1. The molecule has 1 unspecified atom stereocenters. The molecule has 1 saturated carbocycles. The highest BCUT2D eigenvalue weighted by molar-refractivity contribution is 5.94. The van der Waals surface area contributed by atoms with Crippen LogP contribution in [-0.4, -0.2) is 27.1 Å². The van der Waals surface area contributed by atoms with Crippen molar-refractivity contribution >= 4 is 5.91 Å². The molecule has 2 heterocycles. The second kappa shape index (κ2) is 6.82. The molecule has 25 heavy (non-hydrogen) atoms. The van der Waals surface area contributed by atoms with E-state index in [9.17, 15) is 4.79 Å². The molecular weight excluding hydrogens is 320 g/mol. The molecule has 7 heteroatoms. The third-order valence-electron chi connectivity index (χ3n) is 4.17. The van der Waals surface area contributed by atoms with Gasteiger partial charge in [0.15, 0.2) is 5.82 Å². The summed E-state index contributed by atoms with van der Waals surface area (Å²) >= 11 is 0. The van der Waals surface area contributed by atoms with Gasteiger partial charge >= 0.3 is 0 Å². The maximum atomic E-state index is 12.5. The molecular formula is C18H24N4O3. The smallest absolute Gasteiger partial charge is 0.252 e. The quantitative estimate of drug-likeness (QED) is 0.896. The van der Waals surface area contributed by atoms with Gasteiger partial charge in [-0.15, -0.1) is 0 Å². The van der Waals surface area contributed by atoms with Gasteiger partial charge in [0.05, 0.1) is 0 Å². The van der Waals surface area contributed by atoms with E-state index in [0.29, 0.717) is 23.2 Å². The third kappa shape index (κ3) is 4.15. The van der Waals surface area contributed by atoms with Crippen LogP contribution in [0.4, 0.5) is 0 Å². The van der Waals surface area contributed by atoms with Gasteiger partial charge in [0, 0.05) is 23.2 Å². The van der Waals surface area contributed by atoms with E-state index in [-0.39, 0.29) is 23.5 Å². The summed E-state index contributed by atoms with van der Waals surface area (Å²) in [6.45, 7) is 7.83. The van der Waals surface area contributed by atoms with Crippen molar-refractivity contribution in [2.75, 3.05) is 0 Å². The number of nitrogens with zero attached hydrogens (tertiary/aromatic N) is 3. The minimum Gasteiger partial charge on any atom is -0.474 e. The van der Waals surface area contributed by atoms with Crippen LogP contribution in [0.3, 0.4) is 0 Å².